The number of carbonyl (C=O) groups excluding carboxylic acids is 1. The van der Waals surface area contributed by atoms with Gasteiger partial charge < -0.3 is 13.7 Å². The van der Waals surface area contributed by atoms with Gasteiger partial charge >= 0.3 is 0 Å². The van der Waals surface area contributed by atoms with Crippen LogP contribution in [0.4, 0.5) is 0 Å². The fourth-order valence-electron chi connectivity index (χ4n) is 3.85. The molecule has 6 nitrogen and oxygen atoms in total. The summed E-state index contributed by atoms with van der Waals surface area (Å²) in [5.74, 6) is 1.80. The molecule has 1 aliphatic heterocycles. The van der Waals surface area contributed by atoms with Crippen molar-refractivity contribution in [3.05, 3.63) is 84.4 Å². The third-order valence-electron chi connectivity index (χ3n) is 5.54. The molecule has 3 heterocycles. The molecule has 5 rings (SSSR count). The third kappa shape index (κ3) is 3.64. The summed E-state index contributed by atoms with van der Waals surface area (Å²) in [5, 5.41) is 8.26. The Labute approximate surface area is 174 Å². The van der Waals surface area contributed by atoms with E-state index < -0.39 is 0 Å². The van der Waals surface area contributed by atoms with Crippen molar-refractivity contribution >= 4 is 5.91 Å². The Bertz CT molecular complexity index is 1110. The predicted octanol–water partition coefficient (Wildman–Crippen LogP) is 5.02. The Hall–Kier alpha value is -3.67. The van der Waals surface area contributed by atoms with E-state index in [-0.39, 0.29) is 11.8 Å². The first kappa shape index (κ1) is 18.4. The molecule has 0 atom stereocenters. The van der Waals surface area contributed by atoms with E-state index in [0.29, 0.717) is 36.2 Å². The van der Waals surface area contributed by atoms with Crippen molar-refractivity contribution in [1.29, 1.82) is 0 Å². The van der Waals surface area contributed by atoms with E-state index in [2.05, 4.69) is 22.3 Å². The molecule has 6 heteroatoms. The summed E-state index contributed by atoms with van der Waals surface area (Å²) >= 11 is 0. The van der Waals surface area contributed by atoms with Gasteiger partial charge in [-0.1, -0.05) is 42.5 Å². The molecule has 2 aromatic carbocycles. The summed E-state index contributed by atoms with van der Waals surface area (Å²) in [6.07, 6.45) is 3.18. The van der Waals surface area contributed by atoms with Crippen molar-refractivity contribution in [2.24, 2.45) is 0 Å². The number of hydrogen-bond acceptors (Lipinski definition) is 5. The smallest absolute Gasteiger partial charge is 0.283 e. The third-order valence-corrected chi connectivity index (χ3v) is 5.54. The van der Waals surface area contributed by atoms with Crippen LogP contribution in [0.5, 0.6) is 0 Å². The number of carbonyl (C=O) groups is 1. The van der Waals surface area contributed by atoms with E-state index in [1.807, 2.05) is 47.4 Å². The van der Waals surface area contributed by atoms with E-state index in [0.717, 1.165) is 24.0 Å². The minimum atomic E-state index is 0.0647. The van der Waals surface area contributed by atoms with Crippen molar-refractivity contribution in [2.45, 2.75) is 18.8 Å². The molecule has 0 spiro atoms. The molecule has 0 aliphatic carbocycles. The monoisotopic (exact) mass is 399 g/mol. The Morgan fingerprint density at radius 1 is 0.867 bits per heavy atom. The fraction of sp³-hybridized carbons (Fsp3) is 0.208. The SMILES string of the molecule is O=C(c1ccc(-c2ccccc2)cc1)N1CCC(c2nnc(-c3ccco3)o2)CC1. The lowest BCUT2D eigenvalue weighted by Crippen LogP contribution is -2.38. The van der Waals surface area contributed by atoms with Crippen molar-refractivity contribution in [2.75, 3.05) is 13.1 Å². The number of furan rings is 1. The zero-order valence-electron chi connectivity index (χ0n) is 16.4. The average Bonchev–Trinajstić information content (AvgIpc) is 3.52. The predicted molar refractivity (Wildman–Crippen MR) is 112 cm³/mol. The number of aromatic nitrogens is 2. The molecule has 1 aliphatic rings. The van der Waals surface area contributed by atoms with Crippen LogP contribution >= 0.6 is 0 Å². The number of likely N-dealkylation sites (tertiary alicyclic amines) is 1. The highest BCUT2D eigenvalue weighted by molar-refractivity contribution is 5.94. The molecule has 150 valence electrons. The van der Waals surface area contributed by atoms with Crippen LogP contribution in [0.1, 0.15) is 35.0 Å². The molecule has 2 aromatic heterocycles. The minimum absolute atomic E-state index is 0.0647. The lowest BCUT2D eigenvalue weighted by atomic mass is 9.96. The summed E-state index contributed by atoms with van der Waals surface area (Å²) < 4.78 is 11.1. The van der Waals surface area contributed by atoms with E-state index in [9.17, 15) is 4.79 Å². The van der Waals surface area contributed by atoms with E-state index in [4.69, 9.17) is 8.83 Å². The van der Waals surface area contributed by atoms with Gasteiger partial charge in [-0.05, 0) is 48.2 Å². The molecule has 1 saturated heterocycles. The number of amides is 1. The van der Waals surface area contributed by atoms with Crippen molar-refractivity contribution < 1.29 is 13.6 Å². The van der Waals surface area contributed by atoms with E-state index >= 15 is 0 Å². The highest BCUT2D eigenvalue weighted by Crippen LogP contribution is 2.30. The molecular formula is C24H21N3O3. The molecule has 1 fully saturated rings. The van der Waals surface area contributed by atoms with E-state index in [1.165, 1.54) is 0 Å². The standard InChI is InChI=1S/C24H21N3O3/c28-24(20-10-8-18(9-11-20)17-5-2-1-3-6-17)27-14-12-19(13-15-27)22-25-26-23(30-22)21-7-4-16-29-21/h1-11,16,19H,12-15H2. The Kier molecular flexibility index (Phi) is 4.89. The van der Waals surface area contributed by atoms with Gasteiger partial charge in [-0.25, -0.2) is 0 Å². The zero-order valence-corrected chi connectivity index (χ0v) is 16.4. The van der Waals surface area contributed by atoms with Gasteiger partial charge in [-0.2, -0.15) is 0 Å². The molecule has 1 amide bonds. The van der Waals surface area contributed by atoms with Gasteiger partial charge in [0, 0.05) is 24.6 Å². The summed E-state index contributed by atoms with van der Waals surface area (Å²) in [4.78, 5) is 14.8. The van der Waals surface area contributed by atoms with Gasteiger partial charge in [0.05, 0.1) is 6.26 Å². The van der Waals surface area contributed by atoms with Crippen LogP contribution in [-0.4, -0.2) is 34.1 Å². The van der Waals surface area contributed by atoms with Crippen molar-refractivity contribution in [3.63, 3.8) is 0 Å². The first-order valence-corrected chi connectivity index (χ1v) is 10.1. The molecule has 0 unspecified atom stereocenters. The zero-order chi connectivity index (χ0) is 20.3. The van der Waals surface area contributed by atoms with Crippen LogP contribution < -0.4 is 0 Å². The summed E-state index contributed by atoms with van der Waals surface area (Å²) in [6, 6.07) is 21.6. The molecule has 30 heavy (non-hydrogen) atoms. The normalized spacial score (nSPS) is 14.7. The molecular weight excluding hydrogens is 378 g/mol. The lowest BCUT2D eigenvalue weighted by molar-refractivity contribution is 0.0706. The number of hydrogen-bond donors (Lipinski definition) is 0. The van der Waals surface area contributed by atoms with Crippen LogP contribution in [0.3, 0.4) is 0 Å². The van der Waals surface area contributed by atoms with E-state index in [1.54, 1.807) is 18.4 Å². The van der Waals surface area contributed by atoms with Crippen molar-refractivity contribution in [3.8, 4) is 22.8 Å². The summed E-state index contributed by atoms with van der Waals surface area (Å²) in [5.41, 5.74) is 2.96. The molecule has 4 aromatic rings. The maximum Gasteiger partial charge on any atom is 0.283 e. The highest BCUT2D eigenvalue weighted by atomic mass is 16.4. The van der Waals surface area contributed by atoms with Crippen LogP contribution in [0.2, 0.25) is 0 Å². The van der Waals surface area contributed by atoms with Crippen LogP contribution in [0.15, 0.2) is 81.8 Å². The van der Waals surface area contributed by atoms with Gasteiger partial charge in [0.25, 0.3) is 11.8 Å². The molecule has 0 N–H and O–H groups in total. The first-order valence-electron chi connectivity index (χ1n) is 10.1. The van der Waals surface area contributed by atoms with Gasteiger partial charge in [0.15, 0.2) is 5.76 Å². The summed E-state index contributed by atoms with van der Waals surface area (Å²) in [7, 11) is 0. The minimum Gasteiger partial charge on any atom is -0.459 e. The summed E-state index contributed by atoms with van der Waals surface area (Å²) in [6.45, 7) is 1.34. The molecule has 0 bridgehead atoms. The Balaban J connectivity index is 1.22. The van der Waals surface area contributed by atoms with Crippen molar-refractivity contribution in [1.82, 2.24) is 15.1 Å². The van der Waals surface area contributed by atoms with Gasteiger partial charge in [-0.15, -0.1) is 10.2 Å². The van der Waals surface area contributed by atoms with Crippen LogP contribution in [0.25, 0.3) is 22.8 Å². The topological polar surface area (TPSA) is 72.4 Å². The first-order chi connectivity index (χ1) is 14.8. The molecule has 0 saturated carbocycles. The van der Waals surface area contributed by atoms with Gasteiger partial charge in [0.1, 0.15) is 0 Å². The quantitative estimate of drug-likeness (QED) is 0.482. The van der Waals surface area contributed by atoms with Gasteiger partial charge in [-0.3, -0.25) is 4.79 Å². The number of nitrogens with zero attached hydrogens (tertiary/aromatic N) is 3. The van der Waals surface area contributed by atoms with Gasteiger partial charge in [0.2, 0.25) is 5.89 Å². The Morgan fingerprint density at radius 2 is 1.60 bits per heavy atom. The highest BCUT2D eigenvalue weighted by Gasteiger charge is 2.28. The lowest BCUT2D eigenvalue weighted by Gasteiger charge is -2.30. The number of piperidine rings is 1. The second-order valence-electron chi connectivity index (χ2n) is 7.43. The fourth-order valence-corrected chi connectivity index (χ4v) is 3.85. The molecule has 0 radical (unpaired) electrons. The maximum absolute atomic E-state index is 12.9. The Morgan fingerprint density at radius 3 is 2.30 bits per heavy atom. The number of rotatable bonds is 4. The maximum atomic E-state index is 12.9. The average molecular weight is 399 g/mol. The van der Waals surface area contributed by atoms with Crippen LogP contribution in [0, 0.1) is 0 Å². The largest absolute Gasteiger partial charge is 0.459 e. The number of benzene rings is 2. The van der Waals surface area contributed by atoms with Crippen LogP contribution in [-0.2, 0) is 0 Å². The second kappa shape index (κ2) is 7.99. The second-order valence-corrected chi connectivity index (χ2v) is 7.43.